The fourth-order valence-corrected chi connectivity index (χ4v) is 2.29. The molecule has 0 atom stereocenters. The fraction of sp³-hybridized carbons (Fsp3) is 0.625. The third kappa shape index (κ3) is 4.39. The summed E-state index contributed by atoms with van der Waals surface area (Å²) in [7, 11) is 3.88. The lowest BCUT2D eigenvalue weighted by atomic mass is 10.2. The number of nitrogens with zero attached hydrogens (tertiary/aromatic N) is 1. The average Bonchev–Trinajstić information content (AvgIpc) is 3.28. The van der Waals surface area contributed by atoms with Gasteiger partial charge in [0.25, 0.3) is 0 Å². The minimum absolute atomic E-state index is 0.652. The molecular weight excluding hydrogens is 252 g/mol. The van der Waals surface area contributed by atoms with E-state index in [1.807, 2.05) is 13.0 Å². The first-order valence-electron chi connectivity index (χ1n) is 7.45. The molecule has 1 fully saturated rings. The maximum Gasteiger partial charge on any atom is 0.161 e. The number of benzene rings is 1. The molecule has 0 aromatic heterocycles. The number of nitrogens with one attached hydrogen (secondary N) is 1. The summed E-state index contributed by atoms with van der Waals surface area (Å²) >= 11 is 0. The van der Waals surface area contributed by atoms with Gasteiger partial charge in [0, 0.05) is 25.7 Å². The Morgan fingerprint density at radius 1 is 1.30 bits per heavy atom. The van der Waals surface area contributed by atoms with Crippen LogP contribution in [-0.4, -0.2) is 44.8 Å². The van der Waals surface area contributed by atoms with Crippen LogP contribution in [0, 0.1) is 0 Å². The number of ether oxygens (including phenoxy) is 2. The summed E-state index contributed by atoms with van der Waals surface area (Å²) in [6.07, 6.45) is 2.74. The van der Waals surface area contributed by atoms with Crippen LogP contribution in [0.5, 0.6) is 11.5 Å². The second kappa shape index (κ2) is 7.50. The van der Waals surface area contributed by atoms with Crippen LogP contribution in [0.25, 0.3) is 0 Å². The predicted octanol–water partition coefficient (Wildman–Crippen LogP) is 2.28. The Kier molecular flexibility index (Phi) is 5.68. The highest BCUT2D eigenvalue weighted by Gasteiger charge is 2.25. The summed E-state index contributed by atoms with van der Waals surface area (Å²) in [6.45, 7) is 5.63. The first-order valence-corrected chi connectivity index (χ1v) is 7.45. The molecule has 0 unspecified atom stereocenters. The van der Waals surface area contributed by atoms with Crippen molar-refractivity contribution in [2.45, 2.75) is 32.4 Å². The number of hydrogen-bond donors (Lipinski definition) is 1. The van der Waals surface area contributed by atoms with Crippen molar-refractivity contribution in [2.24, 2.45) is 0 Å². The third-order valence-corrected chi connectivity index (χ3v) is 3.67. The Labute approximate surface area is 122 Å². The van der Waals surface area contributed by atoms with Gasteiger partial charge in [-0.1, -0.05) is 6.07 Å². The summed E-state index contributed by atoms with van der Waals surface area (Å²) in [4.78, 5) is 2.44. The van der Waals surface area contributed by atoms with E-state index in [0.29, 0.717) is 6.61 Å². The molecule has 1 aliphatic rings. The standard InChI is InChI=1S/C16H26N2O2/c1-4-20-16-11-13(5-8-15(16)19-3)12-17-9-10-18(2)14-6-7-14/h5,8,11,14,17H,4,6-7,9-10,12H2,1-3H3. The van der Waals surface area contributed by atoms with Crippen LogP contribution in [0.3, 0.4) is 0 Å². The highest BCUT2D eigenvalue weighted by atomic mass is 16.5. The summed E-state index contributed by atoms with van der Waals surface area (Å²) < 4.78 is 10.9. The van der Waals surface area contributed by atoms with E-state index in [9.17, 15) is 0 Å². The van der Waals surface area contributed by atoms with E-state index in [4.69, 9.17) is 9.47 Å². The highest BCUT2D eigenvalue weighted by molar-refractivity contribution is 5.42. The van der Waals surface area contributed by atoms with Crippen molar-refractivity contribution in [3.05, 3.63) is 23.8 Å². The fourth-order valence-electron chi connectivity index (χ4n) is 2.29. The second-order valence-electron chi connectivity index (χ2n) is 5.31. The van der Waals surface area contributed by atoms with Gasteiger partial charge in [-0.25, -0.2) is 0 Å². The van der Waals surface area contributed by atoms with E-state index < -0.39 is 0 Å². The number of hydrogen-bond acceptors (Lipinski definition) is 4. The molecule has 4 heteroatoms. The van der Waals surface area contributed by atoms with Gasteiger partial charge in [-0.05, 0) is 44.5 Å². The molecule has 0 amide bonds. The Bertz CT molecular complexity index is 419. The Morgan fingerprint density at radius 2 is 2.10 bits per heavy atom. The average molecular weight is 278 g/mol. The van der Waals surface area contributed by atoms with Gasteiger partial charge < -0.3 is 19.7 Å². The number of likely N-dealkylation sites (N-methyl/N-ethyl adjacent to an activating group) is 1. The third-order valence-electron chi connectivity index (χ3n) is 3.67. The SMILES string of the molecule is CCOc1cc(CNCCN(C)C2CC2)ccc1OC. The van der Waals surface area contributed by atoms with Crippen LogP contribution < -0.4 is 14.8 Å². The van der Waals surface area contributed by atoms with Gasteiger partial charge in [-0.2, -0.15) is 0 Å². The molecule has 4 nitrogen and oxygen atoms in total. The van der Waals surface area contributed by atoms with E-state index in [2.05, 4.69) is 29.4 Å². The van der Waals surface area contributed by atoms with Gasteiger partial charge in [0.2, 0.25) is 0 Å². The van der Waals surface area contributed by atoms with Crippen molar-refractivity contribution < 1.29 is 9.47 Å². The Morgan fingerprint density at radius 3 is 2.75 bits per heavy atom. The lowest BCUT2D eigenvalue weighted by Gasteiger charge is -2.16. The molecule has 1 aromatic carbocycles. The normalized spacial score (nSPS) is 14.6. The van der Waals surface area contributed by atoms with E-state index in [1.54, 1.807) is 7.11 Å². The van der Waals surface area contributed by atoms with Gasteiger partial charge in [-0.3, -0.25) is 0 Å². The van der Waals surface area contributed by atoms with Gasteiger partial charge in [0.15, 0.2) is 11.5 Å². The number of methoxy groups -OCH3 is 1. The zero-order chi connectivity index (χ0) is 14.4. The summed E-state index contributed by atoms with van der Waals surface area (Å²) in [5, 5.41) is 3.48. The largest absolute Gasteiger partial charge is 0.493 e. The molecule has 20 heavy (non-hydrogen) atoms. The Balaban J connectivity index is 1.78. The van der Waals surface area contributed by atoms with Crippen LogP contribution in [0.1, 0.15) is 25.3 Å². The second-order valence-corrected chi connectivity index (χ2v) is 5.31. The maximum absolute atomic E-state index is 5.59. The quantitative estimate of drug-likeness (QED) is 0.703. The molecule has 0 radical (unpaired) electrons. The van der Waals surface area contributed by atoms with E-state index in [1.165, 1.54) is 18.4 Å². The van der Waals surface area contributed by atoms with Crippen LogP contribution in [0.15, 0.2) is 18.2 Å². The Hall–Kier alpha value is -1.26. The lowest BCUT2D eigenvalue weighted by Crippen LogP contribution is -2.30. The van der Waals surface area contributed by atoms with Crippen molar-refractivity contribution in [3.8, 4) is 11.5 Å². The molecule has 0 bridgehead atoms. The molecule has 0 spiro atoms. The van der Waals surface area contributed by atoms with Gasteiger partial charge in [-0.15, -0.1) is 0 Å². The maximum atomic E-state index is 5.59. The van der Waals surface area contributed by atoms with Crippen LogP contribution in [0.2, 0.25) is 0 Å². The predicted molar refractivity (Wildman–Crippen MR) is 81.5 cm³/mol. The van der Waals surface area contributed by atoms with E-state index in [-0.39, 0.29) is 0 Å². The van der Waals surface area contributed by atoms with E-state index in [0.717, 1.165) is 37.2 Å². The van der Waals surface area contributed by atoms with Gasteiger partial charge >= 0.3 is 0 Å². The topological polar surface area (TPSA) is 33.7 Å². The zero-order valence-electron chi connectivity index (χ0n) is 12.8. The molecule has 0 aliphatic heterocycles. The van der Waals surface area contributed by atoms with Crippen LogP contribution in [0.4, 0.5) is 0 Å². The molecule has 0 saturated heterocycles. The van der Waals surface area contributed by atoms with Crippen molar-refractivity contribution in [3.63, 3.8) is 0 Å². The van der Waals surface area contributed by atoms with Gasteiger partial charge in [0.05, 0.1) is 13.7 Å². The molecule has 2 rings (SSSR count). The summed E-state index contributed by atoms with van der Waals surface area (Å²) in [5.41, 5.74) is 1.23. The first kappa shape index (κ1) is 15.1. The van der Waals surface area contributed by atoms with Crippen molar-refractivity contribution in [2.75, 3.05) is 33.9 Å². The van der Waals surface area contributed by atoms with Crippen molar-refractivity contribution in [1.82, 2.24) is 10.2 Å². The lowest BCUT2D eigenvalue weighted by molar-refractivity contribution is 0.310. The van der Waals surface area contributed by atoms with Gasteiger partial charge in [0.1, 0.15) is 0 Å². The smallest absolute Gasteiger partial charge is 0.161 e. The first-order chi connectivity index (χ1) is 9.74. The molecule has 1 aromatic rings. The molecule has 1 aliphatic carbocycles. The van der Waals surface area contributed by atoms with Crippen molar-refractivity contribution in [1.29, 1.82) is 0 Å². The molecule has 1 N–H and O–H groups in total. The summed E-state index contributed by atoms with van der Waals surface area (Å²) in [6, 6.07) is 6.94. The highest BCUT2D eigenvalue weighted by Crippen LogP contribution is 2.28. The van der Waals surface area contributed by atoms with Crippen molar-refractivity contribution >= 4 is 0 Å². The molecule has 1 saturated carbocycles. The van der Waals surface area contributed by atoms with Crippen LogP contribution in [-0.2, 0) is 6.54 Å². The van der Waals surface area contributed by atoms with Crippen LogP contribution >= 0.6 is 0 Å². The van der Waals surface area contributed by atoms with E-state index >= 15 is 0 Å². The molecule has 112 valence electrons. The molecular formula is C16H26N2O2. The number of rotatable bonds is 9. The minimum atomic E-state index is 0.652. The monoisotopic (exact) mass is 278 g/mol. The summed E-state index contributed by atoms with van der Waals surface area (Å²) in [5.74, 6) is 1.62. The zero-order valence-corrected chi connectivity index (χ0v) is 12.8. The molecule has 0 heterocycles. The minimum Gasteiger partial charge on any atom is -0.493 e.